The van der Waals surface area contributed by atoms with Gasteiger partial charge in [0.2, 0.25) is 5.88 Å². The SMILES string of the molecule is CCOc1ccc2c(-c3ccc4c(c3)OCCNC4=O)c[nH]c2n1. The Bertz CT molecular complexity index is 917. The van der Waals surface area contributed by atoms with Crippen LogP contribution in [0.25, 0.3) is 22.2 Å². The monoisotopic (exact) mass is 323 g/mol. The van der Waals surface area contributed by atoms with Gasteiger partial charge in [0, 0.05) is 23.2 Å². The molecule has 0 fully saturated rings. The predicted molar refractivity (Wildman–Crippen MR) is 90.5 cm³/mol. The molecule has 0 atom stereocenters. The van der Waals surface area contributed by atoms with Gasteiger partial charge in [-0.2, -0.15) is 4.98 Å². The molecule has 0 saturated heterocycles. The first-order valence-electron chi connectivity index (χ1n) is 7.92. The van der Waals surface area contributed by atoms with Gasteiger partial charge in [-0.25, -0.2) is 0 Å². The van der Waals surface area contributed by atoms with Crippen molar-refractivity contribution in [1.29, 1.82) is 0 Å². The fraction of sp³-hybridized carbons (Fsp3) is 0.222. The number of hydrogen-bond acceptors (Lipinski definition) is 4. The number of fused-ring (bicyclic) bond motifs is 2. The van der Waals surface area contributed by atoms with Gasteiger partial charge in [0.05, 0.1) is 18.7 Å². The van der Waals surface area contributed by atoms with Gasteiger partial charge in [-0.1, -0.05) is 6.07 Å². The van der Waals surface area contributed by atoms with Crippen LogP contribution in [0.5, 0.6) is 11.6 Å². The summed E-state index contributed by atoms with van der Waals surface area (Å²) in [5, 5.41) is 3.81. The van der Waals surface area contributed by atoms with Crippen LogP contribution in [0.15, 0.2) is 36.5 Å². The van der Waals surface area contributed by atoms with Gasteiger partial charge >= 0.3 is 0 Å². The molecular weight excluding hydrogens is 306 g/mol. The Morgan fingerprint density at radius 1 is 1.25 bits per heavy atom. The number of aromatic nitrogens is 2. The summed E-state index contributed by atoms with van der Waals surface area (Å²) >= 11 is 0. The zero-order valence-corrected chi connectivity index (χ0v) is 13.3. The number of hydrogen-bond donors (Lipinski definition) is 2. The Hall–Kier alpha value is -3.02. The van der Waals surface area contributed by atoms with Crippen LogP contribution in [0.2, 0.25) is 0 Å². The molecule has 6 heteroatoms. The van der Waals surface area contributed by atoms with Crippen molar-refractivity contribution in [2.75, 3.05) is 19.8 Å². The van der Waals surface area contributed by atoms with Crippen LogP contribution < -0.4 is 14.8 Å². The molecule has 122 valence electrons. The van der Waals surface area contributed by atoms with Crippen LogP contribution in [-0.4, -0.2) is 35.6 Å². The van der Waals surface area contributed by atoms with Crippen LogP contribution in [0.1, 0.15) is 17.3 Å². The first-order chi connectivity index (χ1) is 11.8. The highest BCUT2D eigenvalue weighted by molar-refractivity contribution is 5.99. The predicted octanol–water partition coefficient (Wildman–Crippen LogP) is 2.75. The fourth-order valence-corrected chi connectivity index (χ4v) is 2.87. The Balaban J connectivity index is 1.77. The number of nitrogens with one attached hydrogen (secondary N) is 2. The number of carbonyl (C=O) groups is 1. The lowest BCUT2D eigenvalue weighted by Crippen LogP contribution is -2.24. The van der Waals surface area contributed by atoms with E-state index in [0.29, 0.717) is 37.0 Å². The second-order valence-electron chi connectivity index (χ2n) is 5.50. The third-order valence-electron chi connectivity index (χ3n) is 3.99. The summed E-state index contributed by atoms with van der Waals surface area (Å²) in [6, 6.07) is 9.46. The molecule has 2 aromatic heterocycles. The molecule has 3 aromatic rings. The van der Waals surface area contributed by atoms with Crippen molar-refractivity contribution in [3.8, 4) is 22.8 Å². The van der Waals surface area contributed by atoms with Gasteiger partial charge in [0.1, 0.15) is 18.0 Å². The van der Waals surface area contributed by atoms with E-state index in [0.717, 1.165) is 22.2 Å². The first kappa shape index (κ1) is 14.6. The Morgan fingerprint density at radius 3 is 3.04 bits per heavy atom. The van der Waals surface area contributed by atoms with Gasteiger partial charge < -0.3 is 19.8 Å². The summed E-state index contributed by atoms with van der Waals surface area (Å²) in [7, 11) is 0. The molecule has 0 saturated carbocycles. The van der Waals surface area contributed by atoms with E-state index in [1.165, 1.54) is 0 Å². The van der Waals surface area contributed by atoms with Crippen LogP contribution in [-0.2, 0) is 0 Å². The second kappa shape index (κ2) is 5.88. The van der Waals surface area contributed by atoms with E-state index < -0.39 is 0 Å². The molecule has 6 nitrogen and oxygen atoms in total. The molecule has 3 heterocycles. The van der Waals surface area contributed by atoms with Crippen molar-refractivity contribution in [2.24, 2.45) is 0 Å². The summed E-state index contributed by atoms with van der Waals surface area (Å²) in [5.74, 6) is 1.10. The van der Waals surface area contributed by atoms with E-state index in [1.807, 2.05) is 37.4 Å². The Morgan fingerprint density at radius 2 is 2.17 bits per heavy atom. The van der Waals surface area contributed by atoms with E-state index in [1.54, 1.807) is 6.07 Å². The van der Waals surface area contributed by atoms with E-state index in [2.05, 4.69) is 15.3 Å². The third kappa shape index (κ3) is 2.46. The molecule has 2 N–H and O–H groups in total. The molecular formula is C18H17N3O3. The number of pyridine rings is 1. The zero-order chi connectivity index (χ0) is 16.5. The largest absolute Gasteiger partial charge is 0.491 e. The van der Waals surface area contributed by atoms with Crippen molar-refractivity contribution in [1.82, 2.24) is 15.3 Å². The summed E-state index contributed by atoms with van der Waals surface area (Å²) in [4.78, 5) is 19.6. The van der Waals surface area contributed by atoms with Crippen molar-refractivity contribution in [3.05, 3.63) is 42.1 Å². The van der Waals surface area contributed by atoms with Crippen molar-refractivity contribution < 1.29 is 14.3 Å². The molecule has 0 aliphatic carbocycles. The maximum atomic E-state index is 12.0. The van der Waals surface area contributed by atoms with Crippen molar-refractivity contribution in [2.45, 2.75) is 6.92 Å². The lowest BCUT2D eigenvalue weighted by atomic mass is 10.0. The number of benzene rings is 1. The summed E-state index contributed by atoms with van der Waals surface area (Å²) in [6.07, 6.45) is 1.91. The number of rotatable bonds is 3. The number of carbonyl (C=O) groups excluding carboxylic acids is 1. The topological polar surface area (TPSA) is 76.2 Å². The lowest BCUT2D eigenvalue weighted by molar-refractivity contribution is 0.0957. The first-order valence-corrected chi connectivity index (χ1v) is 7.92. The van der Waals surface area contributed by atoms with Gasteiger partial charge in [0.25, 0.3) is 5.91 Å². The quantitative estimate of drug-likeness (QED) is 0.777. The number of nitrogens with zero attached hydrogens (tertiary/aromatic N) is 1. The highest BCUT2D eigenvalue weighted by Crippen LogP contribution is 2.33. The van der Waals surface area contributed by atoms with E-state index >= 15 is 0 Å². The normalized spacial score (nSPS) is 13.8. The summed E-state index contributed by atoms with van der Waals surface area (Å²) in [6.45, 7) is 3.49. The van der Waals surface area contributed by atoms with Crippen molar-refractivity contribution >= 4 is 16.9 Å². The van der Waals surface area contributed by atoms with Crippen molar-refractivity contribution in [3.63, 3.8) is 0 Å². The van der Waals surface area contributed by atoms with E-state index in [-0.39, 0.29) is 5.91 Å². The minimum Gasteiger partial charge on any atom is -0.491 e. The number of ether oxygens (including phenoxy) is 2. The Kier molecular flexibility index (Phi) is 3.57. The number of H-pyrrole nitrogens is 1. The fourth-order valence-electron chi connectivity index (χ4n) is 2.87. The zero-order valence-electron chi connectivity index (χ0n) is 13.3. The molecule has 24 heavy (non-hydrogen) atoms. The molecule has 1 aromatic carbocycles. The minimum absolute atomic E-state index is 0.101. The molecule has 1 aliphatic heterocycles. The van der Waals surface area contributed by atoms with Crippen LogP contribution in [0.3, 0.4) is 0 Å². The van der Waals surface area contributed by atoms with Crippen LogP contribution in [0.4, 0.5) is 0 Å². The molecule has 0 bridgehead atoms. The van der Waals surface area contributed by atoms with Gasteiger partial charge in [-0.05, 0) is 30.7 Å². The maximum absolute atomic E-state index is 12.0. The standard InChI is InChI=1S/C18H17N3O3/c1-2-23-16-6-5-12-14(10-20-17(12)21-16)11-3-4-13-15(9-11)24-8-7-19-18(13)22/h3-6,9-10H,2,7-8H2,1H3,(H,19,22)(H,20,21). The second-order valence-corrected chi connectivity index (χ2v) is 5.50. The molecule has 1 amide bonds. The Labute approximate surface area is 138 Å². The minimum atomic E-state index is -0.101. The third-order valence-corrected chi connectivity index (χ3v) is 3.99. The molecule has 4 rings (SSSR count). The number of amides is 1. The average molecular weight is 323 g/mol. The molecule has 1 aliphatic rings. The molecule has 0 radical (unpaired) electrons. The van der Waals surface area contributed by atoms with E-state index in [9.17, 15) is 4.79 Å². The van der Waals surface area contributed by atoms with Crippen LogP contribution >= 0.6 is 0 Å². The highest BCUT2D eigenvalue weighted by Gasteiger charge is 2.18. The average Bonchev–Trinajstić information content (AvgIpc) is 2.92. The van der Waals surface area contributed by atoms with Gasteiger partial charge in [-0.3, -0.25) is 4.79 Å². The summed E-state index contributed by atoms with van der Waals surface area (Å²) in [5.41, 5.74) is 3.31. The highest BCUT2D eigenvalue weighted by atomic mass is 16.5. The summed E-state index contributed by atoms with van der Waals surface area (Å²) < 4.78 is 11.1. The van der Waals surface area contributed by atoms with Crippen LogP contribution in [0, 0.1) is 0 Å². The van der Waals surface area contributed by atoms with Gasteiger partial charge in [-0.15, -0.1) is 0 Å². The van der Waals surface area contributed by atoms with Gasteiger partial charge in [0.15, 0.2) is 0 Å². The lowest BCUT2D eigenvalue weighted by Gasteiger charge is -2.08. The van der Waals surface area contributed by atoms with E-state index in [4.69, 9.17) is 9.47 Å². The smallest absolute Gasteiger partial charge is 0.255 e. The maximum Gasteiger partial charge on any atom is 0.255 e. The number of aromatic amines is 1. The molecule has 0 spiro atoms. The molecule has 0 unspecified atom stereocenters.